The largest absolute Gasteiger partial charge is 0.507 e. The van der Waals surface area contributed by atoms with Crippen molar-refractivity contribution in [3.05, 3.63) is 23.8 Å². The van der Waals surface area contributed by atoms with Crippen LogP contribution in [0.15, 0.2) is 18.2 Å². The quantitative estimate of drug-likeness (QED) is 0.281. The van der Waals surface area contributed by atoms with Gasteiger partial charge in [0.15, 0.2) is 0 Å². The van der Waals surface area contributed by atoms with Gasteiger partial charge in [0, 0.05) is 11.8 Å². The highest BCUT2D eigenvalue weighted by molar-refractivity contribution is 7.79. The zero-order valence-corrected chi connectivity index (χ0v) is 11.6. The first kappa shape index (κ1) is 18.2. The molecular weight excluding hydrogens is 290 g/mol. The van der Waals surface area contributed by atoms with Crippen molar-refractivity contribution in [3.63, 3.8) is 0 Å². The number of rotatable bonds is 4. The summed E-state index contributed by atoms with van der Waals surface area (Å²) in [4.78, 5) is 11.4. The van der Waals surface area contributed by atoms with Crippen molar-refractivity contribution in [3.8, 4) is 5.75 Å². The van der Waals surface area contributed by atoms with Crippen LogP contribution in [0, 0.1) is 0 Å². The van der Waals surface area contributed by atoms with E-state index in [0.29, 0.717) is 12.3 Å². The van der Waals surface area contributed by atoms with E-state index in [1.807, 2.05) is 6.92 Å². The Morgan fingerprint density at radius 2 is 1.90 bits per heavy atom. The second-order valence-electron chi connectivity index (χ2n) is 3.71. The Bertz CT molecular complexity index is 534. The number of carbonyl (C=O) groups is 1. The predicted molar refractivity (Wildman–Crippen MR) is 71.9 cm³/mol. The number of nitrogens with two attached hydrogens (primary N) is 1. The molecule has 5 N–H and O–H groups in total. The van der Waals surface area contributed by atoms with Crippen molar-refractivity contribution in [2.75, 3.05) is 12.3 Å². The average molecular weight is 307 g/mol. The standard InChI is InChI=1S/C11H15NO3.H2O4S/c1-2-3-6-15-11(14)9-5-4-8(12)7-10(9)13;1-5(2,3)4/h4-5,7,13H,2-3,6,12H2,1H3;(H2,1,2,3,4). The first-order valence-electron chi connectivity index (χ1n) is 5.60. The Labute approximate surface area is 116 Å². The normalized spacial score (nSPS) is 10.3. The van der Waals surface area contributed by atoms with E-state index in [1.54, 1.807) is 6.07 Å². The zero-order valence-electron chi connectivity index (χ0n) is 10.8. The molecule has 114 valence electrons. The summed E-state index contributed by atoms with van der Waals surface area (Å²) in [6.45, 7) is 2.38. The van der Waals surface area contributed by atoms with Crippen molar-refractivity contribution < 1.29 is 32.2 Å². The summed E-state index contributed by atoms with van der Waals surface area (Å²) in [5.74, 6) is -0.655. The van der Waals surface area contributed by atoms with Crippen LogP contribution in [0.25, 0.3) is 0 Å². The zero-order chi connectivity index (χ0) is 15.8. The molecule has 0 saturated carbocycles. The summed E-state index contributed by atoms with van der Waals surface area (Å²) in [5, 5.41) is 9.44. The molecule has 0 aliphatic carbocycles. The van der Waals surface area contributed by atoms with E-state index in [-0.39, 0.29) is 11.3 Å². The van der Waals surface area contributed by atoms with Crippen LogP contribution in [-0.2, 0) is 15.1 Å². The summed E-state index contributed by atoms with van der Waals surface area (Å²) in [5.41, 5.74) is 6.00. The van der Waals surface area contributed by atoms with Crippen molar-refractivity contribution in [1.82, 2.24) is 0 Å². The monoisotopic (exact) mass is 307 g/mol. The van der Waals surface area contributed by atoms with Crippen molar-refractivity contribution in [1.29, 1.82) is 0 Å². The number of benzene rings is 1. The summed E-state index contributed by atoms with van der Waals surface area (Å²) < 4.78 is 36.5. The number of unbranched alkanes of at least 4 members (excludes halogenated alkanes) is 1. The van der Waals surface area contributed by atoms with Gasteiger partial charge < -0.3 is 15.6 Å². The number of phenols is 1. The molecule has 0 aliphatic rings. The number of phenolic OH excluding ortho intramolecular Hbond substituents is 1. The molecule has 0 atom stereocenters. The number of esters is 1. The molecule has 0 heterocycles. The van der Waals surface area contributed by atoms with Gasteiger partial charge in [0.25, 0.3) is 0 Å². The molecule has 0 aromatic heterocycles. The minimum Gasteiger partial charge on any atom is -0.507 e. The van der Waals surface area contributed by atoms with Gasteiger partial charge in [-0.05, 0) is 18.6 Å². The SMILES string of the molecule is CCCCOC(=O)c1ccc(N)cc1O.O=S(=O)(O)O. The van der Waals surface area contributed by atoms with E-state index in [9.17, 15) is 9.90 Å². The molecule has 1 aromatic rings. The fourth-order valence-electron chi connectivity index (χ4n) is 1.11. The topological polar surface area (TPSA) is 147 Å². The van der Waals surface area contributed by atoms with E-state index in [1.165, 1.54) is 12.1 Å². The summed E-state index contributed by atoms with van der Waals surface area (Å²) in [6, 6.07) is 4.34. The highest BCUT2D eigenvalue weighted by Crippen LogP contribution is 2.20. The molecule has 0 spiro atoms. The number of nitrogen functional groups attached to an aromatic ring is 1. The van der Waals surface area contributed by atoms with Crippen LogP contribution in [0.5, 0.6) is 5.75 Å². The number of hydrogen-bond acceptors (Lipinski definition) is 6. The van der Waals surface area contributed by atoms with E-state index < -0.39 is 16.4 Å². The van der Waals surface area contributed by atoms with E-state index in [0.717, 1.165) is 12.8 Å². The predicted octanol–water partition coefficient (Wildman–Crippen LogP) is 1.28. The van der Waals surface area contributed by atoms with Crippen LogP contribution in [0.3, 0.4) is 0 Å². The molecule has 8 nitrogen and oxygen atoms in total. The van der Waals surface area contributed by atoms with Gasteiger partial charge in [0.1, 0.15) is 11.3 Å². The average Bonchev–Trinajstić information content (AvgIpc) is 2.26. The molecule has 0 aliphatic heterocycles. The maximum atomic E-state index is 11.4. The summed E-state index contributed by atoms with van der Waals surface area (Å²) in [7, 11) is -4.67. The molecule has 0 amide bonds. The smallest absolute Gasteiger partial charge is 0.394 e. The molecular formula is C11H17NO7S. The van der Waals surface area contributed by atoms with Crippen LogP contribution < -0.4 is 5.73 Å². The number of anilines is 1. The molecule has 0 unspecified atom stereocenters. The Morgan fingerprint density at radius 3 is 2.35 bits per heavy atom. The van der Waals surface area contributed by atoms with Crippen LogP contribution >= 0.6 is 0 Å². The van der Waals surface area contributed by atoms with Gasteiger partial charge in [0.05, 0.1) is 6.61 Å². The molecule has 1 rings (SSSR count). The Kier molecular flexibility index (Phi) is 7.59. The summed E-state index contributed by atoms with van der Waals surface area (Å²) in [6.07, 6.45) is 1.78. The van der Waals surface area contributed by atoms with E-state index in [2.05, 4.69) is 0 Å². The second-order valence-corrected chi connectivity index (χ2v) is 4.61. The molecule has 0 fully saturated rings. The highest BCUT2D eigenvalue weighted by atomic mass is 32.3. The molecule has 0 radical (unpaired) electrons. The first-order chi connectivity index (χ1) is 9.15. The van der Waals surface area contributed by atoms with Crippen LogP contribution in [0.2, 0.25) is 0 Å². The van der Waals surface area contributed by atoms with Crippen LogP contribution in [-0.4, -0.2) is 35.2 Å². The maximum Gasteiger partial charge on any atom is 0.394 e. The number of aromatic hydroxyl groups is 1. The van der Waals surface area contributed by atoms with E-state index in [4.69, 9.17) is 28.0 Å². The van der Waals surface area contributed by atoms with Crippen molar-refractivity contribution in [2.45, 2.75) is 19.8 Å². The highest BCUT2D eigenvalue weighted by Gasteiger charge is 2.11. The number of hydrogen-bond donors (Lipinski definition) is 4. The minimum absolute atomic E-state index is 0.142. The van der Waals surface area contributed by atoms with Gasteiger partial charge >= 0.3 is 16.4 Å². The molecule has 1 aromatic carbocycles. The molecule has 0 saturated heterocycles. The minimum atomic E-state index is -4.67. The number of ether oxygens (including phenoxy) is 1. The van der Waals surface area contributed by atoms with Crippen LogP contribution in [0.1, 0.15) is 30.1 Å². The van der Waals surface area contributed by atoms with Crippen molar-refractivity contribution >= 4 is 22.1 Å². The van der Waals surface area contributed by atoms with Gasteiger partial charge in [-0.15, -0.1) is 0 Å². The Hall–Kier alpha value is -1.84. The molecule has 9 heteroatoms. The first-order valence-corrected chi connectivity index (χ1v) is 7.00. The fraction of sp³-hybridized carbons (Fsp3) is 0.364. The lowest BCUT2D eigenvalue weighted by Crippen LogP contribution is -2.06. The third kappa shape index (κ3) is 9.14. The second kappa shape index (κ2) is 8.35. The Balaban J connectivity index is 0.000000621. The third-order valence-electron chi connectivity index (χ3n) is 1.97. The van der Waals surface area contributed by atoms with Gasteiger partial charge in [-0.1, -0.05) is 13.3 Å². The van der Waals surface area contributed by atoms with Gasteiger partial charge in [-0.2, -0.15) is 8.42 Å². The van der Waals surface area contributed by atoms with Gasteiger partial charge in [-0.25, -0.2) is 4.79 Å². The van der Waals surface area contributed by atoms with Crippen molar-refractivity contribution in [2.24, 2.45) is 0 Å². The lowest BCUT2D eigenvalue weighted by Gasteiger charge is -2.05. The summed E-state index contributed by atoms with van der Waals surface area (Å²) >= 11 is 0. The van der Waals surface area contributed by atoms with Gasteiger partial charge in [0.2, 0.25) is 0 Å². The lowest BCUT2D eigenvalue weighted by atomic mass is 10.2. The maximum absolute atomic E-state index is 11.4. The number of carbonyl (C=O) groups excluding carboxylic acids is 1. The fourth-order valence-corrected chi connectivity index (χ4v) is 1.11. The van der Waals surface area contributed by atoms with Crippen LogP contribution in [0.4, 0.5) is 5.69 Å². The van der Waals surface area contributed by atoms with E-state index >= 15 is 0 Å². The lowest BCUT2D eigenvalue weighted by molar-refractivity contribution is 0.0496. The molecule has 20 heavy (non-hydrogen) atoms. The van der Waals surface area contributed by atoms with Gasteiger partial charge in [-0.3, -0.25) is 9.11 Å². The Morgan fingerprint density at radius 1 is 1.35 bits per heavy atom. The third-order valence-corrected chi connectivity index (χ3v) is 1.97. The molecule has 0 bridgehead atoms.